The second kappa shape index (κ2) is 10.1. The van der Waals surface area contributed by atoms with E-state index >= 15 is 0 Å². The molecule has 4 heteroatoms. The molecule has 0 radical (unpaired) electrons. The Balaban J connectivity index is 1.08. The zero-order valence-electron chi connectivity index (χ0n) is 25.2. The summed E-state index contributed by atoms with van der Waals surface area (Å²) in [4.78, 5) is 5.16. The number of hydrogen-bond donors (Lipinski definition) is 0. The number of aromatic nitrogens is 2. The number of nitrogens with zero attached hydrogens (tertiary/aromatic N) is 2. The third kappa shape index (κ3) is 4.05. The SMILES string of the molecule is c1ccc(-c2ccc3c(c2)nc(-c2ccccc2)n3-c2ccc(-c3ccc4oc5c(ccc6c7ccccc7oc65)c4c3)cc2)cc1. The Bertz CT molecular complexity index is 2770. The Morgan fingerprint density at radius 3 is 1.74 bits per heavy atom. The summed E-state index contributed by atoms with van der Waals surface area (Å²) in [6.07, 6.45) is 0. The molecule has 7 aromatic carbocycles. The van der Waals surface area contributed by atoms with Gasteiger partial charge in [-0.2, -0.15) is 0 Å². The van der Waals surface area contributed by atoms with Gasteiger partial charge in [0.25, 0.3) is 0 Å². The Labute approximate surface area is 269 Å². The predicted molar refractivity (Wildman–Crippen MR) is 192 cm³/mol. The van der Waals surface area contributed by atoms with E-state index in [4.69, 9.17) is 13.8 Å². The first-order valence-corrected chi connectivity index (χ1v) is 15.8. The maximum absolute atomic E-state index is 6.38. The molecule has 0 spiro atoms. The first-order valence-electron chi connectivity index (χ1n) is 15.8. The molecule has 4 nitrogen and oxygen atoms in total. The minimum Gasteiger partial charge on any atom is -0.452 e. The molecule has 47 heavy (non-hydrogen) atoms. The topological polar surface area (TPSA) is 44.1 Å². The van der Waals surface area contributed by atoms with Gasteiger partial charge in [0.2, 0.25) is 0 Å². The molecule has 0 aliphatic rings. The van der Waals surface area contributed by atoms with E-state index in [0.717, 1.165) is 88.7 Å². The Morgan fingerprint density at radius 1 is 0.404 bits per heavy atom. The lowest BCUT2D eigenvalue weighted by Crippen LogP contribution is -1.97. The monoisotopic (exact) mass is 602 g/mol. The molecule has 0 aliphatic heterocycles. The molecular formula is C43H26N2O2. The molecule has 0 amide bonds. The third-order valence-corrected chi connectivity index (χ3v) is 9.24. The molecule has 0 saturated heterocycles. The quantitative estimate of drug-likeness (QED) is 0.201. The second-order valence-corrected chi connectivity index (χ2v) is 12.0. The number of hydrogen-bond acceptors (Lipinski definition) is 3. The van der Waals surface area contributed by atoms with Gasteiger partial charge in [-0.25, -0.2) is 4.98 Å². The maximum atomic E-state index is 6.38. The van der Waals surface area contributed by atoms with Crippen LogP contribution < -0.4 is 0 Å². The molecule has 10 aromatic rings. The molecular weight excluding hydrogens is 576 g/mol. The van der Waals surface area contributed by atoms with E-state index in [1.807, 2.05) is 30.3 Å². The second-order valence-electron chi connectivity index (χ2n) is 12.0. The van der Waals surface area contributed by atoms with Crippen molar-refractivity contribution >= 4 is 54.9 Å². The molecule has 0 aliphatic carbocycles. The minimum absolute atomic E-state index is 0.789. The van der Waals surface area contributed by atoms with Crippen molar-refractivity contribution in [1.82, 2.24) is 9.55 Å². The summed E-state index contributed by atoms with van der Waals surface area (Å²) in [5.74, 6) is 0.918. The van der Waals surface area contributed by atoms with E-state index in [9.17, 15) is 0 Å². The summed E-state index contributed by atoms with van der Waals surface area (Å²) in [7, 11) is 0. The van der Waals surface area contributed by atoms with Crippen molar-refractivity contribution in [3.63, 3.8) is 0 Å². The number of para-hydroxylation sites is 1. The fourth-order valence-electron chi connectivity index (χ4n) is 6.93. The first kappa shape index (κ1) is 25.9. The van der Waals surface area contributed by atoms with E-state index in [2.05, 4.69) is 132 Å². The number of furan rings is 2. The normalized spacial score (nSPS) is 11.8. The van der Waals surface area contributed by atoms with E-state index in [0.29, 0.717) is 0 Å². The van der Waals surface area contributed by atoms with Crippen molar-refractivity contribution in [3.8, 4) is 39.3 Å². The van der Waals surface area contributed by atoms with Crippen LogP contribution in [0.5, 0.6) is 0 Å². The van der Waals surface area contributed by atoms with Crippen molar-refractivity contribution in [3.05, 3.63) is 158 Å². The van der Waals surface area contributed by atoms with Gasteiger partial charge in [-0.1, -0.05) is 103 Å². The lowest BCUT2D eigenvalue weighted by molar-refractivity contribution is 0.633. The Hall–Kier alpha value is -6.39. The highest BCUT2D eigenvalue weighted by Gasteiger charge is 2.18. The molecule has 0 unspecified atom stereocenters. The van der Waals surface area contributed by atoms with E-state index in [1.54, 1.807) is 0 Å². The van der Waals surface area contributed by atoms with Gasteiger partial charge in [0, 0.05) is 32.8 Å². The van der Waals surface area contributed by atoms with Crippen LogP contribution in [-0.2, 0) is 0 Å². The molecule has 220 valence electrons. The summed E-state index contributed by atoms with van der Waals surface area (Å²) in [6, 6.07) is 55.0. The fraction of sp³-hybridized carbons (Fsp3) is 0. The highest BCUT2D eigenvalue weighted by atomic mass is 16.4. The van der Waals surface area contributed by atoms with Crippen molar-refractivity contribution < 1.29 is 8.83 Å². The number of fused-ring (bicyclic) bond motifs is 8. The molecule has 3 heterocycles. The smallest absolute Gasteiger partial charge is 0.178 e. The van der Waals surface area contributed by atoms with Crippen LogP contribution in [0.15, 0.2) is 167 Å². The van der Waals surface area contributed by atoms with Gasteiger partial charge in [0.15, 0.2) is 11.2 Å². The zero-order chi connectivity index (χ0) is 30.9. The van der Waals surface area contributed by atoms with Gasteiger partial charge < -0.3 is 8.83 Å². The number of imidazole rings is 1. The van der Waals surface area contributed by atoms with Gasteiger partial charge in [-0.05, 0) is 76.9 Å². The minimum atomic E-state index is 0.789. The number of rotatable bonds is 4. The van der Waals surface area contributed by atoms with E-state index in [1.165, 1.54) is 5.56 Å². The van der Waals surface area contributed by atoms with Crippen LogP contribution in [0.1, 0.15) is 0 Å². The van der Waals surface area contributed by atoms with Crippen molar-refractivity contribution in [2.45, 2.75) is 0 Å². The summed E-state index contributed by atoms with van der Waals surface area (Å²) in [5, 5.41) is 4.30. The van der Waals surface area contributed by atoms with Crippen molar-refractivity contribution in [2.75, 3.05) is 0 Å². The first-order chi connectivity index (χ1) is 23.3. The van der Waals surface area contributed by atoms with Crippen LogP contribution in [0.3, 0.4) is 0 Å². The molecule has 3 aromatic heterocycles. The molecule has 10 rings (SSSR count). The van der Waals surface area contributed by atoms with Gasteiger partial charge in [0.05, 0.1) is 11.0 Å². The maximum Gasteiger partial charge on any atom is 0.178 e. The van der Waals surface area contributed by atoms with Crippen LogP contribution >= 0.6 is 0 Å². The number of benzene rings is 7. The van der Waals surface area contributed by atoms with Crippen LogP contribution in [0.4, 0.5) is 0 Å². The van der Waals surface area contributed by atoms with Crippen molar-refractivity contribution in [2.24, 2.45) is 0 Å². The van der Waals surface area contributed by atoms with Crippen LogP contribution in [0.25, 0.3) is 94.2 Å². The molecule has 0 saturated carbocycles. The molecule has 0 atom stereocenters. The van der Waals surface area contributed by atoms with E-state index in [-0.39, 0.29) is 0 Å². The van der Waals surface area contributed by atoms with Crippen LogP contribution in [0, 0.1) is 0 Å². The average Bonchev–Trinajstić information content (AvgIpc) is 3.83. The Kier molecular flexibility index (Phi) is 5.54. The molecule has 0 fully saturated rings. The average molecular weight is 603 g/mol. The zero-order valence-corrected chi connectivity index (χ0v) is 25.2. The van der Waals surface area contributed by atoms with Crippen LogP contribution in [-0.4, -0.2) is 9.55 Å². The summed E-state index contributed by atoms with van der Waals surface area (Å²) >= 11 is 0. The van der Waals surface area contributed by atoms with Gasteiger partial charge in [-0.15, -0.1) is 0 Å². The van der Waals surface area contributed by atoms with Gasteiger partial charge >= 0.3 is 0 Å². The molecule has 0 bridgehead atoms. The summed E-state index contributed by atoms with van der Waals surface area (Å²) in [6.45, 7) is 0. The van der Waals surface area contributed by atoms with Crippen LogP contribution in [0.2, 0.25) is 0 Å². The lowest BCUT2D eigenvalue weighted by atomic mass is 10.0. The Morgan fingerprint density at radius 2 is 0.979 bits per heavy atom. The predicted octanol–water partition coefficient (Wildman–Crippen LogP) is 11.8. The molecule has 0 N–H and O–H groups in total. The third-order valence-electron chi connectivity index (χ3n) is 9.24. The standard InChI is InChI=1S/C43H26N2O2/c1-3-9-27(10-4-1)31-17-23-38-37(26-31)44-43(29-11-5-2-6-12-29)45(38)32-19-15-28(16-20-32)30-18-24-40-36(25-30)35-22-21-34-33-13-7-8-14-39(33)46-41(34)42(35)47-40/h1-26H. The van der Waals surface area contributed by atoms with Gasteiger partial charge in [0.1, 0.15) is 17.0 Å². The lowest BCUT2D eigenvalue weighted by Gasteiger charge is -2.11. The van der Waals surface area contributed by atoms with E-state index < -0.39 is 0 Å². The summed E-state index contributed by atoms with van der Waals surface area (Å²) in [5.41, 5.74) is 12.1. The van der Waals surface area contributed by atoms with Gasteiger partial charge in [-0.3, -0.25) is 4.57 Å². The fourth-order valence-corrected chi connectivity index (χ4v) is 6.93. The largest absolute Gasteiger partial charge is 0.452 e. The summed E-state index contributed by atoms with van der Waals surface area (Å²) < 4.78 is 14.9. The highest BCUT2D eigenvalue weighted by molar-refractivity contribution is 6.19. The highest BCUT2D eigenvalue weighted by Crippen LogP contribution is 2.40. The van der Waals surface area contributed by atoms with Crippen molar-refractivity contribution in [1.29, 1.82) is 0 Å².